The van der Waals surface area contributed by atoms with Gasteiger partial charge in [-0.1, -0.05) is 12.1 Å². The van der Waals surface area contributed by atoms with E-state index in [0.29, 0.717) is 11.5 Å². The van der Waals surface area contributed by atoms with Gasteiger partial charge in [0, 0.05) is 23.5 Å². The van der Waals surface area contributed by atoms with E-state index in [4.69, 9.17) is 10.5 Å². The molecule has 0 atom stereocenters. The van der Waals surface area contributed by atoms with Gasteiger partial charge in [-0.2, -0.15) is 15.6 Å². The van der Waals surface area contributed by atoms with Gasteiger partial charge < -0.3 is 10.6 Å². The second kappa shape index (κ2) is 8.64. The molecule has 0 saturated heterocycles. The maximum atomic E-state index is 12.0. The number of aromatic nitrogens is 4. The summed E-state index contributed by atoms with van der Waals surface area (Å²) in [6.07, 6.45) is 7.01. The van der Waals surface area contributed by atoms with Crippen LogP contribution in [0.25, 0.3) is 11.3 Å². The first-order valence-electron chi connectivity index (χ1n) is 9.87. The van der Waals surface area contributed by atoms with Crippen LogP contribution < -0.4 is 10.6 Å². The summed E-state index contributed by atoms with van der Waals surface area (Å²) in [5.41, 5.74) is 3.77. The van der Waals surface area contributed by atoms with Crippen molar-refractivity contribution in [1.29, 1.82) is 10.5 Å². The third-order valence-corrected chi connectivity index (χ3v) is 5.25. The van der Waals surface area contributed by atoms with Gasteiger partial charge in [0.25, 0.3) is 5.91 Å². The molecule has 3 aromatic rings. The Bertz CT molecular complexity index is 1180. The lowest BCUT2D eigenvalue weighted by atomic mass is 9.81. The molecular weight excluding hydrogens is 392 g/mol. The van der Waals surface area contributed by atoms with E-state index in [9.17, 15) is 4.79 Å². The zero-order valence-electron chi connectivity index (χ0n) is 16.9. The SMILES string of the molecule is Cc1cnc(Nc2cnn(C3CC(C#N)C3)c2)nc1-c1ccc(C(=O)NCC#N)cc1. The molecule has 0 unspecified atom stereocenters. The molecule has 2 N–H and O–H groups in total. The summed E-state index contributed by atoms with van der Waals surface area (Å²) >= 11 is 0. The van der Waals surface area contributed by atoms with Crippen LogP contribution in [0.2, 0.25) is 0 Å². The molecule has 9 nitrogen and oxygen atoms in total. The van der Waals surface area contributed by atoms with Crippen molar-refractivity contribution in [2.75, 3.05) is 11.9 Å². The third kappa shape index (κ3) is 4.36. The van der Waals surface area contributed by atoms with Crippen molar-refractivity contribution in [3.8, 4) is 23.4 Å². The summed E-state index contributed by atoms with van der Waals surface area (Å²) in [5, 5.41) is 27.6. The van der Waals surface area contributed by atoms with E-state index < -0.39 is 0 Å². The first-order valence-corrected chi connectivity index (χ1v) is 9.87. The lowest BCUT2D eigenvalue weighted by Crippen LogP contribution is -2.25. The van der Waals surface area contributed by atoms with E-state index in [0.717, 1.165) is 35.3 Å². The quantitative estimate of drug-likeness (QED) is 0.594. The number of rotatable bonds is 6. The zero-order valence-corrected chi connectivity index (χ0v) is 16.9. The minimum atomic E-state index is -0.292. The summed E-state index contributed by atoms with van der Waals surface area (Å²) in [6.45, 7) is 1.89. The predicted octanol–water partition coefficient (Wildman–Crippen LogP) is 3.12. The highest BCUT2D eigenvalue weighted by atomic mass is 16.1. The van der Waals surface area contributed by atoms with Crippen LogP contribution in [0.1, 0.15) is 34.8 Å². The Hall–Kier alpha value is -4.24. The molecule has 4 rings (SSSR count). The average molecular weight is 412 g/mol. The smallest absolute Gasteiger partial charge is 0.252 e. The number of carbonyl (C=O) groups excluding carboxylic acids is 1. The lowest BCUT2D eigenvalue weighted by Gasteiger charge is -2.30. The molecule has 1 aliphatic carbocycles. The van der Waals surface area contributed by atoms with Gasteiger partial charge in [-0.05, 0) is 37.5 Å². The molecule has 1 amide bonds. The number of benzene rings is 1. The number of anilines is 2. The van der Waals surface area contributed by atoms with Crippen LogP contribution >= 0.6 is 0 Å². The molecule has 2 heterocycles. The number of hydrogen-bond donors (Lipinski definition) is 2. The molecule has 0 spiro atoms. The van der Waals surface area contributed by atoms with Gasteiger partial charge >= 0.3 is 0 Å². The average Bonchev–Trinajstić information content (AvgIpc) is 3.20. The summed E-state index contributed by atoms with van der Waals surface area (Å²) < 4.78 is 1.88. The van der Waals surface area contributed by atoms with Gasteiger partial charge in [0.15, 0.2) is 0 Å². The Morgan fingerprint density at radius 1 is 1.23 bits per heavy atom. The lowest BCUT2D eigenvalue weighted by molar-refractivity contribution is 0.0958. The summed E-state index contributed by atoms with van der Waals surface area (Å²) in [4.78, 5) is 21.0. The molecule has 9 heteroatoms. The number of nitriles is 2. The van der Waals surface area contributed by atoms with Crippen LogP contribution in [0.5, 0.6) is 0 Å². The van der Waals surface area contributed by atoms with Gasteiger partial charge in [0.1, 0.15) is 6.54 Å². The third-order valence-electron chi connectivity index (χ3n) is 5.25. The summed E-state index contributed by atoms with van der Waals surface area (Å²) in [6, 6.07) is 11.5. The van der Waals surface area contributed by atoms with E-state index in [1.807, 2.05) is 36.0 Å². The highest BCUT2D eigenvalue weighted by Gasteiger charge is 2.30. The monoisotopic (exact) mass is 412 g/mol. The van der Waals surface area contributed by atoms with Gasteiger partial charge in [0.2, 0.25) is 5.95 Å². The molecule has 1 aliphatic rings. The number of carbonyl (C=O) groups is 1. The standard InChI is InChI=1S/C22H20N8O/c1-14-11-26-22(28-18-12-27-30(13-18)19-8-15(9-19)10-24)29-20(14)16-2-4-17(5-3-16)21(31)25-7-6-23/h2-5,11-13,15,19H,7-9H2,1H3,(H,25,31)(H,26,28,29). The summed E-state index contributed by atoms with van der Waals surface area (Å²) in [7, 11) is 0. The number of nitrogens with zero attached hydrogens (tertiary/aromatic N) is 6. The van der Waals surface area contributed by atoms with Crippen LogP contribution in [0.4, 0.5) is 11.6 Å². The predicted molar refractivity (Wildman–Crippen MR) is 113 cm³/mol. The maximum absolute atomic E-state index is 12.0. The molecular formula is C22H20N8O. The fraction of sp³-hybridized carbons (Fsp3) is 0.273. The van der Waals surface area contributed by atoms with Crippen molar-refractivity contribution < 1.29 is 4.79 Å². The molecule has 154 valence electrons. The van der Waals surface area contributed by atoms with Crippen LogP contribution in [0.3, 0.4) is 0 Å². The first-order chi connectivity index (χ1) is 15.1. The van der Waals surface area contributed by atoms with Gasteiger partial charge in [-0.3, -0.25) is 9.48 Å². The van der Waals surface area contributed by atoms with Crippen LogP contribution in [0, 0.1) is 35.5 Å². The molecule has 2 aromatic heterocycles. The van der Waals surface area contributed by atoms with E-state index in [1.165, 1.54) is 0 Å². The number of aryl methyl sites for hydroxylation is 1. The molecule has 0 aliphatic heterocycles. The topological polar surface area (TPSA) is 132 Å². The summed E-state index contributed by atoms with van der Waals surface area (Å²) in [5.74, 6) is 0.274. The maximum Gasteiger partial charge on any atom is 0.252 e. The fourth-order valence-electron chi connectivity index (χ4n) is 3.44. The fourth-order valence-corrected chi connectivity index (χ4v) is 3.44. The van der Waals surface area contributed by atoms with Gasteiger partial charge in [0.05, 0.1) is 41.7 Å². The highest BCUT2D eigenvalue weighted by molar-refractivity contribution is 5.94. The van der Waals surface area contributed by atoms with Crippen LogP contribution in [-0.2, 0) is 0 Å². The second-order valence-corrected chi connectivity index (χ2v) is 7.43. The molecule has 31 heavy (non-hydrogen) atoms. The van der Waals surface area contributed by atoms with E-state index in [2.05, 4.69) is 31.8 Å². The van der Waals surface area contributed by atoms with E-state index in [-0.39, 0.29) is 24.4 Å². The van der Waals surface area contributed by atoms with Gasteiger partial charge in [-0.15, -0.1) is 0 Å². The largest absolute Gasteiger partial charge is 0.339 e. The highest BCUT2D eigenvalue weighted by Crippen LogP contribution is 2.37. The Kier molecular flexibility index (Phi) is 5.59. The Balaban J connectivity index is 1.48. The van der Waals surface area contributed by atoms with Crippen molar-refractivity contribution in [2.24, 2.45) is 5.92 Å². The zero-order chi connectivity index (χ0) is 21.8. The second-order valence-electron chi connectivity index (χ2n) is 7.43. The Morgan fingerprint density at radius 3 is 2.71 bits per heavy atom. The van der Waals surface area contributed by atoms with Crippen molar-refractivity contribution in [3.05, 3.63) is 54.0 Å². The number of nitrogens with one attached hydrogen (secondary N) is 2. The molecule has 1 fully saturated rings. The van der Waals surface area contributed by atoms with Crippen LogP contribution in [-0.4, -0.2) is 32.2 Å². The van der Waals surface area contributed by atoms with Crippen molar-refractivity contribution in [2.45, 2.75) is 25.8 Å². The van der Waals surface area contributed by atoms with E-state index >= 15 is 0 Å². The van der Waals surface area contributed by atoms with Gasteiger partial charge in [-0.25, -0.2) is 9.97 Å². The molecule has 1 aromatic carbocycles. The van der Waals surface area contributed by atoms with E-state index in [1.54, 1.807) is 24.5 Å². The van der Waals surface area contributed by atoms with Crippen LogP contribution in [0.15, 0.2) is 42.9 Å². The minimum Gasteiger partial charge on any atom is -0.339 e. The van der Waals surface area contributed by atoms with Crippen molar-refractivity contribution >= 4 is 17.5 Å². The van der Waals surface area contributed by atoms with Crippen molar-refractivity contribution in [1.82, 2.24) is 25.1 Å². The molecule has 0 bridgehead atoms. The minimum absolute atomic E-state index is 0.0309. The number of hydrogen-bond acceptors (Lipinski definition) is 7. The Labute approximate surface area is 179 Å². The number of amides is 1. The normalized spacial score (nSPS) is 17.1. The molecule has 0 radical (unpaired) electrons. The first kappa shape index (κ1) is 20.0. The van der Waals surface area contributed by atoms with Crippen molar-refractivity contribution in [3.63, 3.8) is 0 Å². The Morgan fingerprint density at radius 2 is 2.00 bits per heavy atom. The molecule has 1 saturated carbocycles.